The van der Waals surface area contributed by atoms with E-state index in [4.69, 9.17) is 10.5 Å². The van der Waals surface area contributed by atoms with Crippen molar-refractivity contribution in [3.8, 4) is 5.75 Å². The SMILES string of the molecule is CCC(C)Oc1cccc(Nc2ccc(C)cc2N)c1. The number of hydrogen-bond acceptors (Lipinski definition) is 3. The van der Waals surface area contributed by atoms with Crippen LogP contribution in [0.15, 0.2) is 42.5 Å². The maximum absolute atomic E-state index is 6.02. The van der Waals surface area contributed by atoms with Crippen molar-refractivity contribution >= 4 is 17.1 Å². The summed E-state index contributed by atoms with van der Waals surface area (Å²) in [6, 6.07) is 13.9. The van der Waals surface area contributed by atoms with E-state index < -0.39 is 0 Å². The van der Waals surface area contributed by atoms with Gasteiger partial charge >= 0.3 is 0 Å². The van der Waals surface area contributed by atoms with Gasteiger partial charge in [0.05, 0.1) is 17.5 Å². The summed E-state index contributed by atoms with van der Waals surface area (Å²) in [5.41, 5.74) is 9.81. The number of ether oxygens (including phenoxy) is 1. The Labute approximate surface area is 120 Å². The van der Waals surface area contributed by atoms with E-state index in [0.717, 1.165) is 34.8 Å². The lowest BCUT2D eigenvalue weighted by Gasteiger charge is -2.15. The number of rotatable bonds is 5. The molecule has 0 amide bonds. The van der Waals surface area contributed by atoms with Gasteiger partial charge in [0, 0.05) is 11.8 Å². The summed E-state index contributed by atoms with van der Waals surface area (Å²) in [4.78, 5) is 0. The summed E-state index contributed by atoms with van der Waals surface area (Å²) in [6.45, 7) is 6.21. The molecule has 0 bridgehead atoms. The van der Waals surface area contributed by atoms with Gasteiger partial charge in [0.15, 0.2) is 0 Å². The monoisotopic (exact) mass is 270 g/mol. The van der Waals surface area contributed by atoms with E-state index in [0.29, 0.717) is 0 Å². The second-order valence-corrected chi connectivity index (χ2v) is 5.08. The number of aryl methyl sites for hydroxylation is 1. The van der Waals surface area contributed by atoms with E-state index in [-0.39, 0.29) is 6.10 Å². The molecule has 0 aliphatic heterocycles. The summed E-state index contributed by atoms with van der Waals surface area (Å²) in [6.07, 6.45) is 1.21. The molecule has 1 unspecified atom stereocenters. The van der Waals surface area contributed by atoms with Gasteiger partial charge < -0.3 is 15.8 Å². The van der Waals surface area contributed by atoms with E-state index in [9.17, 15) is 0 Å². The standard InChI is InChI=1S/C17H22N2O/c1-4-13(3)20-15-7-5-6-14(11-15)19-17-9-8-12(2)10-16(17)18/h5-11,13,19H,4,18H2,1-3H3. The quantitative estimate of drug-likeness (QED) is 0.786. The summed E-state index contributed by atoms with van der Waals surface area (Å²) >= 11 is 0. The minimum atomic E-state index is 0.217. The Kier molecular flexibility index (Phi) is 4.51. The molecule has 0 heterocycles. The lowest BCUT2D eigenvalue weighted by Crippen LogP contribution is -2.09. The summed E-state index contributed by atoms with van der Waals surface area (Å²) in [7, 11) is 0. The van der Waals surface area contributed by atoms with Crippen LogP contribution in [0.25, 0.3) is 0 Å². The number of benzene rings is 2. The van der Waals surface area contributed by atoms with Crippen LogP contribution in [0.3, 0.4) is 0 Å². The molecule has 0 aliphatic rings. The fourth-order valence-electron chi connectivity index (χ4n) is 1.91. The normalized spacial score (nSPS) is 11.9. The third kappa shape index (κ3) is 3.67. The fourth-order valence-corrected chi connectivity index (χ4v) is 1.91. The number of nitrogens with two attached hydrogens (primary N) is 1. The van der Waals surface area contributed by atoms with Crippen LogP contribution < -0.4 is 15.8 Å². The van der Waals surface area contributed by atoms with Crippen LogP contribution in [-0.2, 0) is 0 Å². The molecule has 0 aromatic heterocycles. The van der Waals surface area contributed by atoms with Gasteiger partial charge in [-0.2, -0.15) is 0 Å². The molecule has 0 fully saturated rings. The van der Waals surface area contributed by atoms with Crippen LogP contribution >= 0.6 is 0 Å². The molecule has 1 atom stereocenters. The molecule has 20 heavy (non-hydrogen) atoms. The first-order valence-electron chi connectivity index (χ1n) is 6.98. The molecule has 3 N–H and O–H groups in total. The lowest BCUT2D eigenvalue weighted by atomic mass is 10.2. The van der Waals surface area contributed by atoms with E-state index in [1.807, 2.05) is 49.4 Å². The molecule has 0 spiro atoms. The predicted molar refractivity (Wildman–Crippen MR) is 85.7 cm³/mol. The topological polar surface area (TPSA) is 47.3 Å². The van der Waals surface area contributed by atoms with Crippen molar-refractivity contribution < 1.29 is 4.74 Å². The van der Waals surface area contributed by atoms with Crippen LogP contribution in [0.2, 0.25) is 0 Å². The number of nitrogen functional groups attached to an aromatic ring is 1. The van der Waals surface area contributed by atoms with E-state index in [2.05, 4.69) is 19.2 Å². The van der Waals surface area contributed by atoms with E-state index in [1.54, 1.807) is 0 Å². The second kappa shape index (κ2) is 6.33. The smallest absolute Gasteiger partial charge is 0.121 e. The van der Waals surface area contributed by atoms with E-state index in [1.165, 1.54) is 0 Å². The molecule has 0 saturated carbocycles. The average Bonchev–Trinajstić information content (AvgIpc) is 2.42. The van der Waals surface area contributed by atoms with Crippen molar-refractivity contribution in [1.82, 2.24) is 0 Å². The van der Waals surface area contributed by atoms with Crippen LogP contribution in [0.5, 0.6) is 5.75 Å². The molecule has 106 valence electrons. The third-order valence-corrected chi connectivity index (χ3v) is 3.23. The molecule has 2 rings (SSSR count). The van der Waals surface area contributed by atoms with Crippen molar-refractivity contribution in [2.24, 2.45) is 0 Å². The van der Waals surface area contributed by atoms with Crippen molar-refractivity contribution in [2.75, 3.05) is 11.1 Å². The minimum absolute atomic E-state index is 0.217. The Hall–Kier alpha value is -2.16. The fraction of sp³-hybridized carbons (Fsp3) is 0.294. The zero-order valence-corrected chi connectivity index (χ0v) is 12.3. The molecular formula is C17H22N2O. The lowest BCUT2D eigenvalue weighted by molar-refractivity contribution is 0.217. The predicted octanol–water partition coefficient (Wildman–Crippen LogP) is 4.50. The van der Waals surface area contributed by atoms with Crippen LogP contribution in [0, 0.1) is 6.92 Å². The van der Waals surface area contributed by atoms with Crippen LogP contribution in [0.1, 0.15) is 25.8 Å². The van der Waals surface area contributed by atoms with Crippen molar-refractivity contribution in [2.45, 2.75) is 33.3 Å². The van der Waals surface area contributed by atoms with Gasteiger partial charge in [0.1, 0.15) is 5.75 Å². The molecule has 2 aromatic carbocycles. The number of hydrogen-bond donors (Lipinski definition) is 2. The highest BCUT2D eigenvalue weighted by molar-refractivity contribution is 5.73. The minimum Gasteiger partial charge on any atom is -0.491 e. The van der Waals surface area contributed by atoms with Crippen LogP contribution in [0.4, 0.5) is 17.1 Å². The molecule has 3 heteroatoms. The summed E-state index contributed by atoms with van der Waals surface area (Å²) in [5, 5.41) is 3.33. The van der Waals surface area contributed by atoms with Gasteiger partial charge in [-0.1, -0.05) is 19.1 Å². The Morgan fingerprint density at radius 1 is 1.20 bits per heavy atom. The Balaban J connectivity index is 2.15. The van der Waals surface area contributed by atoms with Gasteiger partial charge in [-0.15, -0.1) is 0 Å². The van der Waals surface area contributed by atoms with Gasteiger partial charge in [0.25, 0.3) is 0 Å². The molecule has 0 saturated heterocycles. The first kappa shape index (κ1) is 14.3. The summed E-state index contributed by atoms with van der Waals surface area (Å²) < 4.78 is 5.82. The Morgan fingerprint density at radius 3 is 2.70 bits per heavy atom. The number of nitrogens with one attached hydrogen (secondary N) is 1. The molecule has 2 aromatic rings. The van der Waals surface area contributed by atoms with Gasteiger partial charge in [-0.05, 0) is 50.1 Å². The van der Waals surface area contributed by atoms with Gasteiger partial charge in [-0.25, -0.2) is 0 Å². The van der Waals surface area contributed by atoms with Crippen molar-refractivity contribution in [1.29, 1.82) is 0 Å². The van der Waals surface area contributed by atoms with Crippen molar-refractivity contribution in [3.63, 3.8) is 0 Å². The maximum atomic E-state index is 6.02. The first-order chi connectivity index (χ1) is 9.58. The van der Waals surface area contributed by atoms with Crippen molar-refractivity contribution in [3.05, 3.63) is 48.0 Å². The average molecular weight is 270 g/mol. The first-order valence-corrected chi connectivity index (χ1v) is 6.98. The highest BCUT2D eigenvalue weighted by Crippen LogP contribution is 2.26. The molecule has 0 radical (unpaired) electrons. The zero-order chi connectivity index (χ0) is 14.5. The van der Waals surface area contributed by atoms with Gasteiger partial charge in [0.2, 0.25) is 0 Å². The largest absolute Gasteiger partial charge is 0.491 e. The molecular weight excluding hydrogens is 248 g/mol. The highest BCUT2D eigenvalue weighted by atomic mass is 16.5. The second-order valence-electron chi connectivity index (χ2n) is 5.08. The maximum Gasteiger partial charge on any atom is 0.121 e. The third-order valence-electron chi connectivity index (χ3n) is 3.23. The highest BCUT2D eigenvalue weighted by Gasteiger charge is 2.04. The van der Waals surface area contributed by atoms with Gasteiger partial charge in [-0.3, -0.25) is 0 Å². The Bertz CT molecular complexity index is 581. The molecule has 0 aliphatic carbocycles. The summed E-state index contributed by atoms with van der Waals surface area (Å²) in [5.74, 6) is 0.870. The van der Waals surface area contributed by atoms with Crippen LogP contribution in [-0.4, -0.2) is 6.10 Å². The molecule has 3 nitrogen and oxygen atoms in total. The van der Waals surface area contributed by atoms with E-state index >= 15 is 0 Å². The number of anilines is 3. The zero-order valence-electron chi connectivity index (χ0n) is 12.3. The Morgan fingerprint density at radius 2 is 2.00 bits per heavy atom.